The predicted octanol–water partition coefficient (Wildman–Crippen LogP) is 2.99. The number of benzene rings is 2. The third-order valence-electron chi connectivity index (χ3n) is 3.61. The molecular weight excluding hydrogens is 350 g/mol. The molecule has 0 aliphatic carbocycles. The Labute approximate surface area is 145 Å². The molecule has 1 amide bonds. The van der Waals surface area contributed by atoms with Crippen molar-refractivity contribution in [2.75, 3.05) is 22.4 Å². The first kappa shape index (κ1) is 18.9. The van der Waals surface area contributed by atoms with Gasteiger partial charge in [-0.25, -0.2) is 17.2 Å². The van der Waals surface area contributed by atoms with Crippen LogP contribution in [0.4, 0.5) is 20.2 Å². The van der Waals surface area contributed by atoms with E-state index in [2.05, 4.69) is 5.32 Å². The second kappa shape index (κ2) is 7.18. The fraction of sp³-hybridized carbons (Fsp3) is 0.235. The number of sulfonamides is 1. The molecule has 2 rings (SSSR count). The summed E-state index contributed by atoms with van der Waals surface area (Å²) in [6.07, 6.45) is 0.849. The third-order valence-corrected chi connectivity index (χ3v) is 4.74. The molecule has 0 aliphatic heterocycles. The maximum Gasteiger partial charge on any atom is 0.245 e. The van der Waals surface area contributed by atoms with Crippen LogP contribution in [-0.2, 0) is 14.8 Å². The molecule has 0 saturated heterocycles. The summed E-state index contributed by atoms with van der Waals surface area (Å²) in [5.41, 5.74) is 1.81. The van der Waals surface area contributed by atoms with Gasteiger partial charge in [0.2, 0.25) is 15.9 Å². The number of para-hydroxylation sites is 1. The quantitative estimate of drug-likeness (QED) is 0.882. The van der Waals surface area contributed by atoms with Gasteiger partial charge in [-0.05, 0) is 37.1 Å². The zero-order chi connectivity index (χ0) is 18.8. The molecule has 0 heterocycles. The van der Waals surface area contributed by atoms with Gasteiger partial charge in [0, 0.05) is 11.8 Å². The van der Waals surface area contributed by atoms with E-state index in [9.17, 15) is 22.0 Å². The van der Waals surface area contributed by atoms with Crippen LogP contribution in [0.3, 0.4) is 0 Å². The van der Waals surface area contributed by atoms with Crippen LogP contribution < -0.4 is 9.62 Å². The lowest BCUT2D eigenvalue weighted by Gasteiger charge is -2.23. The number of anilines is 2. The first-order valence-corrected chi connectivity index (χ1v) is 9.23. The van der Waals surface area contributed by atoms with Gasteiger partial charge in [0.1, 0.15) is 18.2 Å². The predicted molar refractivity (Wildman–Crippen MR) is 93.1 cm³/mol. The van der Waals surface area contributed by atoms with Crippen molar-refractivity contribution in [3.8, 4) is 0 Å². The lowest BCUT2D eigenvalue weighted by Crippen LogP contribution is -2.38. The molecule has 0 aliphatic rings. The molecule has 134 valence electrons. The molecule has 0 aromatic heterocycles. The van der Waals surface area contributed by atoms with E-state index in [1.165, 1.54) is 0 Å². The normalized spacial score (nSPS) is 11.2. The molecule has 1 N–H and O–H groups in total. The van der Waals surface area contributed by atoms with Crippen LogP contribution in [0, 0.1) is 25.5 Å². The molecule has 2 aromatic rings. The Morgan fingerprint density at radius 2 is 1.72 bits per heavy atom. The lowest BCUT2D eigenvalue weighted by atomic mass is 10.1. The van der Waals surface area contributed by atoms with Crippen LogP contribution in [0.25, 0.3) is 0 Å². The molecule has 2 aromatic carbocycles. The summed E-state index contributed by atoms with van der Waals surface area (Å²) in [6, 6.07) is 7.92. The zero-order valence-electron chi connectivity index (χ0n) is 14.0. The van der Waals surface area contributed by atoms with Gasteiger partial charge in [-0.15, -0.1) is 0 Å². The molecule has 0 fully saturated rings. The number of carbonyl (C=O) groups is 1. The van der Waals surface area contributed by atoms with E-state index >= 15 is 0 Å². The molecule has 0 spiro atoms. The highest BCUT2D eigenvalue weighted by molar-refractivity contribution is 7.92. The number of aryl methyl sites for hydroxylation is 2. The maximum absolute atomic E-state index is 14.0. The minimum atomic E-state index is -3.95. The van der Waals surface area contributed by atoms with Crippen molar-refractivity contribution in [1.82, 2.24) is 0 Å². The van der Waals surface area contributed by atoms with Crippen LogP contribution >= 0.6 is 0 Å². The Kier molecular flexibility index (Phi) is 5.42. The Balaban J connectivity index is 2.30. The van der Waals surface area contributed by atoms with Crippen molar-refractivity contribution in [2.45, 2.75) is 13.8 Å². The minimum absolute atomic E-state index is 0.388. The van der Waals surface area contributed by atoms with Crippen molar-refractivity contribution in [1.29, 1.82) is 0 Å². The summed E-state index contributed by atoms with van der Waals surface area (Å²) in [4.78, 5) is 12.3. The smallest absolute Gasteiger partial charge is 0.245 e. The van der Waals surface area contributed by atoms with Crippen LogP contribution in [0.1, 0.15) is 11.1 Å². The number of halogens is 2. The highest BCUT2D eigenvalue weighted by Gasteiger charge is 2.24. The van der Waals surface area contributed by atoms with Gasteiger partial charge >= 0.3 is 0 Å². The SMILES string of the molecule is Cc1cccc(C)c1NC(=O)CN(c1ccc(F)cc1F)S(C)(=O)=O. The fourth-order valence-corrected chi connectivity index (χ4v) is 3.24. The van der Waals surface area contributed by atoms with Gasteiger partial charge in [0.05, 0.1) is 11.9 Å². The van der Waals surface area contributed by atoms with Crippen molar-refractivity contribution >= 4 is 27.3 Å². The monoisotopic (exact) mass is 368 g/mol. The van der Waals surface area contributed by atoms with Gasteiger partial charge in [0.15, 0.2) is 0 Å². The summed E-state index contributed by atoms with van der Waals surface area (Å²) in [5.74, 6) is -2.54. The summed E-state index contributed by atoms with van der Waals surface area (Å²) in [7, 11) is -3.95. The number of rotatable bonds is 5. The van der Waals surface area contributed by atoms with E-state index in [4.69, 9.17) is 0 Å². The molecule has 8 heteroatoms. The standard InChI is InChI=1S/C17H18F2N2O3S/c1-11-5-4-6-12(2)17(11)20-16(22)10-21(25(3,23)24)15-8-7-13(18)9-14(15)19/h4-9H,10H2,1-3H3,(H,20,22). The van der Waals surface area contributed by atoms with Crippen molar-refractivity contribution < 1.29 is 22.0 Å². The van der Waals surface area contributed by atoms with Gasteiger partial charge in [-0.2, -0.15) is 0 Å². The third kappa shape index (κ3) is 4.54. The van der Waals surface area contributed by atoms with Crippen LogP contribution in [0.5, 0.6) is 0 Å². The number of hydrogen-bond donors (Lipinski definition) is 1. The Morgan fingerprint density at radius 3 is 2.24 bits per heavy atom. The van der Waals surface area contributed by atoms with Crippen molar-refractivity contribution in [3.63, 3.8) is 0 Å². The number of nitrogens with one attached hydrogen (secondary N) is 1. The molecule has 0 atom stereocenters. The topological polar surface area (TPSA) is 66.5 Å². The number of hydrogen-bond acceptors (Lipinski definition) is 3. The van der Waals surface area contributed by atoms with E-state index in [0.717, 1.165) is 29.5 Å². The molecule has 0 unspecified atom stereocenters. The average Bonchev–Trinajstić information content (AvgIpc) is 2.48. The van der Waals surface area contributed by atoms with E-state index in [1.54, 1.807) is 26.0 Å². The van der Waals surface area contributed by atoms with Crippen LogP contribution in [0.15, 0.2) is 36.4 Å². The first-order chi connectivity index (χ1) is 11.6. The first-order valence-electron chi connectivity index (χ1n) is 7.38. The minimum Gasteiger partial charge on any atom is -0.324 e. The Bertz CT molecular complexity index is 894. The molecule has 25 heavy (non-hydrogen) atoms. The van der Waals surface area contributed by atoms with Gasteiger partial charge in [0.25, 0.3) is 0 Å². The second-order valence-corrected chi connectivity index (χ2v) is 7.59. The van der Waals surface area contributed by atoms with Crippen LogP contribution in [0.2, 0.25) is 0 Å². The molecular formula is C17H18F2N2O3S. The maximum atomic E-state index is 14.0. The highest BCUT2D eigenvalue weighted by atomic mass is 32.2. The Hall–Kier alpha value is -2.48. The zero-order valence-corrected chi connectivity index (χ0v) is 14.8. The highest BCUT2D eigenvalue weighted by Crippen LogP contribution is 2.23. The van der Waals surface area contributed by atoms with E-state index in [-0.39, 0.29) is 5.69 Å². The fourth-order valence-electron chi connectivity index (χ4n) is 2.39. The van der Waals surface area contributed by atoms with E-state index in [0.29, 0.717) is 16.1 Å². The number of carbonyl (C=O) groups excluding carboxylic acids is 1. The summed E-state index contributed by atoms with van der Waals surface area (Å²) < 4.78 is 51.6. The number of amides is 1. The average molecular weight is 368 g/mol. The molecule has 0 saturated carbocycles. The summed E-state index contributed by atoms with van der Waals surface area (Å²) >= 11 is 0. The lowest BCUT2D eigenvalue weighted by molar-refractivity contribution is -0.114. The van der Waals surface area contributed by atoms with Gasteiger partial charge in [-0.3, -0.25) is 9.10 Å². The summed E-state index contributed by atoms with van der Waals surface area (Å²) in [5, 5.41) is 2.64. The van der Waals surface area contributed by atoms with E-state index in [1.807, 2.05) is 6.07 Å². The van der Waals surface area contributed by atoms with Gasteiger partial charge in [-0.1, -0.05) is 18.2 Å². The molecule has 0 bridgehead atoms. The van der Waals surface area contributed by atoms with Crippen molar-refractivity contribution in [2.24, 2.45) is 0 Å². The van der Waals surface area contributed by atoms with Crippen molar-refractivity contribution in [3.05, 3.63) is 59.2 Å². The van der Waals surface area contributed by atoms with Gasteiger partial charge < -0.3 is 5.32 Å². The summed E-state index contributed by atoms with van der Waals surface area (Å²) in [6.45, 7) is 2.97. The Morgan fingerprint density at radius 1 is 1.12 bits per heavy atom. The second-order valence-electron chi connectivity index (χ2n) is 5.68. The van der Waals surface area contributed by atoms with Crippen LogP contribution in [-0.4, -0.2) is 27.1 Å². The van der Waals surface area contributed by atoms with E-state index < -0.39 is 34.1 Å². The largest absolute Gasteiger partial charge is 0.324 e. The number of nitrogens with zero attached hydrogens (tertiary/aromatic N) is 1. The molecule has 5 nitrogen and oxygen atoms in total. The molecule has 0 radical (unpaired) electrons.